The Morgan fingerprint density at radius 1 is 1.24 bits per heavy atom. The Morgan fingerprint density at radius 3 is 2.48 bits per heavy atom. The van der Waals surface area contributed by atoms with Crippen LogP contribution < -0.4 is 5.46 Å². The van der Waals surface area contributed by atoms with Crippen molar-refractivity contribution in [3.8, 4) is 0 Å². The van der Waals surface area contributed by atoms with Crippen LogP contribution in [0.25, 0.3) is 0 Å². The van der Waals surface area contributed by atoms with Gasteiger partial charge in [0.15, 0.2) is 0 Å². The van der Waals surface area contributed by atoms with Crippen LogP contribution in [0, 0.1) is 5.41 Å². The molecule has 0 unspecified atom stereocenters. The summed E-state index contributed by atoms with van der Waals surface area (Å²) < 4.78 is 0. The molecule has 21 heavy (non-hydrogen) atoms. The molecule has 0 bridgehead atoms. The fourth-order valence-electron chi connectivity index (χ4n) is 4.22. The Hall–Kier alpha value is -1.05. The van der Waals surface area contributed by atoms with Gasteiger partial charge in [-0.3, -0.25) is 4.79 Å². The Kier molecular flexibility index (Phi) is 4.37. The maximum atomic E-state index is 11.9. The zero-order valence-corrected chi connectivity index (χ0v) is 14.1. The van der Waals surface area contributed by atoms with Crippen LogP contribution >= 0.6 is 0 Å². The van der Waals surface area contributed by atoms with Crippen LogP contribution in [0.4, 0.5) is 0 Å². The molecule has 2 radical (unpaired) electrons. The summed E-state index contributed by atoms with van der Waals surface area (Å²) in [5.41, 5.74) is 3.59. The van der Waals surface area contributed by atoms with E-state index in [-0.39, 0.29) is 17.1 Å². The summed E-state index contributed by atoms with van der Waals surface area (Å²) in [4.78, 5) is 11.9. The van der Waals surface area contributed by atoms with Gasteiger partial charge < -0.3 is 0 Å². The molecule has 2 heteroatoms. The van der Waals surface area contributed by atoms with Crippen LogP contribution in [0.15, 0.2) is 18.2 Å². The van der Waals surface area contributed by atoms with Crippen molar-refractivity contribution in [3.63, 3.8) is 0 Å². The molecule has 0 N–H and O–H groups in total. The van der Waals surface area contributed by atoms with Gasteiger partial charge in [-0.15, -0.1) is 0 Å². The largest absolute Gasteiger partial charge is 0.299 e. The maximum absolute atomic E-state index is 11.9. The highest BCUT2D eigenvalue weighted by atomic mass is 16.1. The minimum Gasteiger partial charge on any atom is -0.299 e. The van der Waals surface area contributed by atoms with E-state index in [1.807, 2.05) is 19.1 Å². The first-order valence-corrected chi connectivity index (χ1v) is 8.06. The molecule has 0 aromatic heterocycles. The highest BCUT2D eigenvalue weighted by Gasteiger charge is 2.39. The normalized spacial score (nSPS) is 26.3. The molecular formula is C19H27BO. The predicted molar refractivity (Wildman–Crippen MR) is 90.5 cm³/mol. The molecule has 112 valence electrons. The van der Waals surface area contributed by atoms with Crippen molar-refractivity contribution in [2.24, 2.45) is 5.41 Å². The predicted octanol–water partition coefficient (Wildman–Crippen LogP) is 4.03. The third-order valence-electron chi connectivity index (χ3n) is 5.28. The summed E-state index contributed by atoms with van der Waals surface area (Å²) >= 11 is 0. The summed E-state index contributed by atoms with van der Waals surface area (Å²) in [7, 11) is 6.24. The second-order valence-electron chi connectivity index (χ2n) is 7.90. The fourth-order valence-corrected chi connectivity index (χ4v) is 4.22. The van der Waals surface area contributed by atoms with E-state index in [4.69, 9.17) is 7.85 Å². The molecular weight excluding hydrogens is 255 g/mol. The lowest BCUT2D eigenvalue weighted by atomic mass is 9.59. The van der Waals surface area contributed by atoms with E-state index in [1.165, 1.54) is 24.8 Å². The highest BCUT2D eigenvalue weighted by molar-refractivity contribution is 6.33. The first kappa shape index (κ1) is 16.3. The maximum Gasteiger partial charge on any atom is 0.136 e. The second-order valence-corrected chi connectivity index (χ2v) is 7.90. The summed E-state index contributed by atoms with van der Waals surface area (Å²) in [5.74, 6) is 0.0656. The van der Waals surface area contributed by atoms with Crippen molar-refractivity contribution < 1.29 is 4.79 Å². The van der Waals surface area contributed by atoms with Crippen LogP contribution in [0.2, 0.25) is 0 Å². The molecule has 2 atom stereocenters. The number of benzene rings is 1. The number of carbonyl (C=O) groups excluding carboxylic acids is 1. The molecule has 1 aromatic carbocycles. The van der Waals surface area contributed by atoms with Crippen molar-refractivity contribution in [1.29, 1.82) is 0 Å². The highest BCUT2D eigenvalue weighted by Crippen LogP contribution is 2.48. The van der Waals surface area contributed by atoms with Crippen LogP contribution in [-0.4, -0.2) is 13.6 Å². The van der Waals surface area contributed by atoms with Gasteiger partial charge in [-0.2, -0.15) is 0 Å². The summed E-state index contributed by atoms with van der Waals surface area (Å²) in [5, 5.41) is 0. The monoisotopic (exact) mass is 282 g/mol. The van der Waals surface area contributed by atoms with Crippen molar-refractivity contribution >= 4 is 19.1 Å². The molecule has 1 nitrogen and oxygen atoms in total. The standard InChI is InChI=1S/C19H27BO/c1-13(14(2)21)17-15(8-6-9-16(17)20)19(5)11-7-10-18(3,4)12-19/h6,8-9,13H,7,10-12H2,1-5H3/t13-,19-/m0/s1. The summed E-state index contributed by atoms with van der Waals surface area (Å²) in [6.07, 6.45) is 4.85. The Balaban J connectivity index is 2.53. The Labute approximate surface area is 130 Å². The van der Waals surface area contributed by atoms with E-state index in [1.54, 1.807) is 6.92 Å². The van der Waals surface area contributed by atoms with E-state index in [0.29, 0.717) is 5.41 Å². The van der Waals surface area contributed by atoms with Crippen LogP contribution in [0.1, 0.15) is 77.3 Å². The molecule has 0 heterocycles. The fraction of sp³-hybridized carbons (Fsp3) is 0.632. The number of Topliss-reactive ketones (excluding diaryl/α,β-unsaturated/α-hetero) is 1. The van der Waals surface area contributed by atoms with Crippen molar-refractivity contribution in [3.05, 3.63) is 29.3 Å². The quantitative estimate of drug-likeness (QED) is 0.765. The molecule has 1 aromatic rings. The van der Waals surface area contributed by atoms with Gasteiger partial charge in [-0.05, 0) is 48.1 Å². The van der Waals surface area contributed by atoms with Gasteiger partial charge in [0.05, 0.1) is 0 Å². The van der Waals surface area contributed by atoms with Gasteiger partial charge in [0, 0.05) is 5.92 Å². The van der Waals surface area contributed by atoms with Crippen molar-refractivity contribution in [2.45, 2.75) is 71.6 Å². The van der Waals surface area contributed by atoms with E-state index >= 15 is 0 Å². The van der Waals surface area contributed by atoms with Crippen molar-refractivity contribution in [1.82, 2.24) is 0 Å². The molecule has 0 amide bonds. The number of hydrogen-bond acceptors (Lipinski definition) is 1. The molecule has 1 saturated carbocycles. The molecule has 0 aliphatic heterocycles. The summed E-state index contributed by atoms with van der Waals surface area (Å²) in [6.45, 7) is 10.7. The number of carbonyl (C=O) groups is 1. The van der Waals surface area contributed by atoms with Crippen molar-refractivity contribution in [2.75, 3.05) is 0 Å². The lowest BCUT2D eigenvalue weighted by Crippen LogP contribution is -2.37. The van der Waals surface area contributed by atoms with Gasteiger partial charge in [0.1, 0.15) is 13.6 Å². The zero-order chi connectivity index (χ0) is 15.8. The number of hydrogen-bond donors (Lipinski definition) is 0. The molecule has 2 rings (SSSR count). The lowest BCUT2D eigenvalue weighted by molar-refractivity contribution is -0.118. The third-order valence-corrected chi connectivity index (χ3v) is 5.28. The minimum atomic E-state index is -0.122. The van der Waals surface area contributed by atoms with Gasteiger partial charge in [0.2, 0.25) is 0 Å². The molecule has 1 fully saturated rings. The molecule has 0 spiro atoms. The molecule has 1 aliphatic rings. The average Bonchev–Trinajstić information content (AvgIpc) is 2.36. The van der Waals surface area contributed by atoms with E-state index < -0.39 is 0 Å². The SMILES string of the molecule is [B]c1cccc([C@@]2(C)CCCC(C)(C)C2)c1[C@@H](C)C(C)=O. The smallest absolute Gasteiger partial charge is 0.136 e. The summed E-state index contributed by atoms with van der Waals surface area (Å²) in [6, 6.07) is 6.15. The van der Waals surface area contributed by atoms with E-state index in [2.05, 4.69) is 26.8 Å². The molecule has 1 aliphatic carbocycles. The van der Waals surface area contributed by atoms with Gasteiger partial charge >= 0.3 is 0 Å². The second kappa shape index (κ2) is 5.63. The van der Waals surface area contributed by atoms with Gasteiger partial charge in [-0.1, -0.05) is 57.8 Å². The molecule has 0 saturated heterocycles. The van der Waals surface area contributed by atoms with Crippen LogP contribution in [-0.2, 0) is 10.2 Å². The first-order valence-electron chi connectivity index (χ1n) is 8.06. The topological polar surface area (TPSA) is 17.1 Å². The van der Waals surface area contributed by atoms with Gasteiger partial charge in [-0.25, -0.2) is 0 Å². The Morgan fingerprint density at radius 2 is 1.90 bits per heavy atom. The Bertz CT molecular complexity index is 546. The zero-order valence-electron chi connectivity index (χ0n) is 14.1. The lowest BCUT2D eigenvalue weighted by Gasteiger charge is -2.44. The average molecular weight is 282 g/mol. The number of rotatable bonds is 3. The van der Waals surface area contributed by atoms with E-state index in [9.17, 15) is 4.79 Å². The third kappa shape index (κ3) is 3.25. The van der Waals surface area contributed by atoms with Gasteiger partial charge in [0.25, 0.3) is 0 Å². The number of ketones is 1. The first-order chi connectivity index (χ1) is 9.66. The minimum absolute atomic E-state index is 0.121. The van der Waals surface area contributed by atoms with Crippen LogP contribution in [0.3, 0.4) is 0 Å². The van der Waals surface area contributed by atoms with E-state index in [0.717, 1.165) is 17.4 Å². The van der Waals surface area contributed by atoms with Crippen LogP contribution in [0.5, 0.6) is 0 Å².